The van der Waals surface area contributed by atoms with Crippen molar-refractivity contribution in [2.45, 2.75) is 44.4 Å². The second-order valence-electron chi connectivity index (χ2n) is 4.87. The van der Waals surface area contributed by atoms with Crippen LogP contribution in [0.4, 0.5) is 0 Å². The van der Waals surface area contributed by atoms with Gasteiger partial charge in [-0.25, -0.2) is 0 Å². The van der Waals surface area contributed by atoms with E-state index in [0.29, 0.717) is 0 Å². The molecule has 0 unspecified atom stereocenters. The maximum atomic E-state index is 9.46. The third kappa shape index (κ3) is 8.39. The van der Waals surface area contributed by atoms with E-state index in [-0.39, 0.29) is 14.7 Å². The lowest BCUT2D eigenvalue weighted by Crippen LogP contribution is -2.34. The van der Waals surface area contributed by atoms with Crippen LogP contribution in [0.2, 0.25) is 25.3 Å². The molecule has 1 nitrogen and oxygen atoms in total. The monoisotopic (exact) mass is 176 g/mol. The van der Waals surface area contributed by atoms with Gasteiger partial charge in [-0.2, -0.15) is 0 Å². The van der Waals surface area contributed by atoms with Gasteiger partial charge in [0.05, 0.1) is 9.52 Å². The number of hydrogen-bond acceptors (Lipinski definition) is 1. The lowest BCUT2D eigenvalue weighted by atomic mass is 10.5. The first kappa shape index (κ1) is 10.4. The SMILES string of the molecule is CC(C)(O)[SiH2]C[Si](C)(C)C. The summed E-state index contributed by atoms with van der Waals surface area (Å²) in [5.41, 5.74) is 1.36. The van der Waals surface area contributed by atoms with Crippen LogP contribution >= 0.6 is 0 Å². The Labute approximate surface area is 67.7 Å². The van der Waals surface area contributed by atoms with Crippen LogP contribution in [-0.2, 0) is 0 Å². The fraction of sp³-hybridized carbons (Fsp3) is 1.00. The first-order valence-corrected chi connectivity index (χ1v) is 9.34. The van der Waals surface area contributed by atoms with Gasteiger partial charge in [0.1, 0.15) is 0 Å². The summed E-state index contributed by atoms with van der Waals surface area (Å²) in [5, 5.41) is 9.15. The highest BCUT2D eigenvalue weighted by Gasteiger charge is 2.19. The molecular formula is C7H20OSi2. The molecular weight excluding hydrogens is 156 g/mol. The van der Waals surface area contributed by atoms with E-state index in [1.807, 2.05) is 13.8 Å². The summed E-state index contributed by atoms with van der Waals surface area (Å²) in [6, 6.07) is 0. The topological polar surface area (TPSA) is 20.2 Å². The highest BCUT2D eigenvalue weighted by atomic mass is 28.4. The van der Waals surface area contributed by atoms with E-state index in [1.165, 1.54) is 5.67 Å². The van der Waals surface area contributed by atoms with Crippen LogP contribution in [-0.4, -0.2) is 27.9 Å². The number of aliphatic hydroxyl groups is 1. The standard InChI is InChI=1S/C7H20OSi2/c1-7(2,8)9-6-10(3,4)5/h8H,6,9H2,1-5H3. The van der Waals surface area contributed by atoms with Crippen LogP contribution in [0, 0.1) is 0 Å². The average Bonchev–Trinajstić information content (AvgIpc) is 1.57. The highest BCUT2D eigenvalue weighted by Crippen LogP contribution is 2.10. The Morgan fingerprint density at radius 2 is 1.70 bits per heavy atom. The van der Waals surface area contributed by atoms with Crippen LogP contribution in [0.1, 0.15) is 13.8 Å². The predicted molar refractivity (Wildman–Crippen MR) is 53.0 cm³/mol. The summed E-state index contributed by atoms with van der Waals surface area (Å²) in [5.74, 6) is 0. The Hall–Kier alpha value is 0.394. The first-order valence-electron chi connectivity index (χ1n) is 3.93. The molecule has 62 valence electrons. The van der Waals surface area contributed by atoms with E-state index in [2.05, 4.69) is 19.6 Å². The fourth-order valence-corrected chi connectivity index (χ4v) is 6.13. The van der Waals surface area contributed by atoms with Crippen LogP contribution in [0.3, 0.4) is 0 Å². The molecule has 0 spiro atoms. The van der Waals surface area contributed by atoms with E-state index >= 15 is 0 Å². The smallest absolute Gasteiger partial charge is 0.0558 e. The summed E-state index contributed by atoms with van der Waals surface area (Å²) >= 11 is 0. The van der Waals surface area contributed by atoms with Gasteiger partial charge in [0.2, 0.25) is 0 Å². The van der Waals surface area contributed by atoms with E-state index in [0.717, 1.165) is 0 Å². The van der Waals surface area contributed by atoms with Crippen molar-refractivity contribution in [2.75, 3.05) is 0 Å². The molecule has 0 amide bonds. The van der Waals surface area contributed by atoms with Crippen LogP contribution in [0.15, 0.2) is 0 Å². The highest BCUT2D eigenvalue weighted by molar-refractivity contribution is 6.83. The third-order valence-corrected chi connectivity index (χ3v) is 9.71. The van der Waals surface area contributed by atoms with Gasteiger partial charge in [-0.3, -0.25) is 0 Å². The zero-order valence-electron chi connectivity index (χ0n) is 7.86. The molecule has 0 saturated heterocycles. The van der Waals surface area contributed by atoms with Crippen molar-refractivity contribution in [2.24, 2.45) is 0 Å². The van der Waals surface area contributed by atoms with E-state index in [4.69, 9.17) is 0 Å². The van der Waals surface area contributed by atoms with E-state index in [1.54, 1.807) is 0 Å². The summed E-state index contributed by atoms with van der Waals surface area (Å²) in [6.07, 6.45) is 0. The largest absolute Gasteiger partial charge is 0.395 e. The Bertz CT molecular complexity index is 85.2. The average molecular weight is 176 g/mol. The summed E-state index contributed by atoms with van der Waals surface area (Å²) < 4.78 is 0. The van der Waals surface area contributed by atoms with Gasteiger partial charge in [0.25, 0.3) is 0 Å². The second kappa shape index (κ2) is 3.19. The molecule has 0 aliphatic carbocycles. The Morgan fingerprint density at radius 1 is 1.30 bits per heavy atom. The van der Waals surface area contributed by atoms with Gasteiger partial charge in [-0.05, 0) is 13.8 Å². The van der Waals surface area contributed by atoms with Crippen LogP contribution in [0.5, 0.6) is 0 Å². The van der Waals surface area contributed by atoms with Crippen molar-refractivity contribution < 1.29 is 5.11 Å². The predicted octanol–water partition coefficient (Wildman–Crippen LogP) is 1.18. The number of rotatable bonds is 3. The molecule has 0 atom stereocenters. The quantitative estimate of drug-likeness (QED) is 0.640. The molecule has 0 rings (SSSR count). The molecule has 1 N–H and O–H groups in total. The summed E-state index contributed by atoms with van der Waals surface area (Å²) in [7, 11) is -1.10. The summed E-state index contributed by atoms with van der Waals surface area (Å²) in [4.78, 5) is 0. The van der Waals surface area contributed by atoms with Crippen molar-refractivity contribution >= 4 is 17.6 Å². The van der Waals surface area contributed by atoms with Gasteiger partial charge in [0, 0.05) is 13.3 Å². The van der Waals surface area contributed by atoms with Crippen molar-refractivity contribution in [3.63, 3.8) is 0 Å². The van der Waals surface area contributed by atoms with Crippen LogP contribution < -0.4 is 0 Å². The summed E-state index contributed by atoms with van der Waals surface area (Å²) in [6.45, 7) is 11.0. The fourth-order valence-electron chi connectivity index (χ4n) is 0.681. The Morgan fingerprint density at radius 3 is 1.80 bits per heavy atom. The molecule has 0 aromatic carbocycles. The van der Waals surface area contributed by atoms with Crippen LogP contribution in [0.25, 0.3) is 0 Å². The number of hydrogen-bond donors (Lipinski definition) is 1. The van der Waals surface area contributed by atoms with Crippen molar-refractivity contribution in [3.05, 3.63) is 0 Å². The van der Waals surface area contributed by atoms with Crippen molar-refractivity contribution in [1.29, 1.82) is 0 Å². The van der Waals surface area contributed by atoms with E-state index < -0.39 is 8.07 Å². The van der Waals surface area contributed by atoms with Crippen molar-refractivity contribution in [1.82, 2.24) is 0 Å². The minimum atomic E-state index is -0.865. The molecule has 0 aliphatic heterocycles. The van der Waals surface area contributed by atoms with Gasteiger partial charge in [-0.1, -0.05) is 25.3 Å². The van der Waals surface area contributed by atoms with Crippen molar-refractivity contribution in [3.8, 4) is 0 Å². The molecule has 0 fully saturated rings. The molecule has 0 aliphatic rings. The minimum absolute atomic E-state index is 0.237. The lowest BCUT2D eigenvalue weighted by molar-refractivity contribution is 0.166. The molecule has 0 heterocycles. The zero-order valence-corrected chi connectivity index (χ0v) is 10.3. The second-order valence-corrected chi connectivity index (χ2v) is 14.2. The lowest BCUT2D eigenvalue weighted by Gasteiger charge is -2.22. The molecule has 10 heavy (non-hydrogen) atoms. The third-order valence-electron chi connectivity index (χ3n) is 1.49. The van der Waals surface area contributed by atoms with Gasteiger partial charge in [0.15, 0.2) is 0 Å². The normalized spacial score (nSPS) is 15.0. The Kier molecular flexibility index (Phi) is 3.32. The molecule has 0 bridgehead atoms. The van der Waals surface area contributed by atoms with Gasteiger partial charge in [-0.15, -0.1) is 0 Å². The minimum Gasteiger partial charge on any atom is -0.395 e. The maximum absolute atomic E-state index is 9.46. The first-order chi connectivity index (χ1) is 4.21. The maximum Gasteiger partial charge on any atom is 0.0558 e. The van der Waals surface area contributed by atoms with Gasteiger partial charge >= 0.3 is 0 Å². The molecule has 0 aromatic rings. The molecule has 0 aromatic heterocycles. The van der Waals surface area contributed by atoms with Gasteiger partial charge < -0.3 is 5.11 Å². The Balaban J connectivity index is 3.56. The zero-order chi connectivity index (χ0) is 8.41. The molecule has 0 radical (unpaired) electrons. The molecule has 3 heteroatoms. The van der Waals surface area contributed by atoms with E-state index in [9.17, 15) is 5.11 Å². The molecule has 0 saturated carbocycles.